The summed E-state index contributed by atoms with van der Waals surface area (Å²) in [7, 11) is 0. The predicted octanol–water partition coefficient (Wildman–Crippen LogP) is 3.96. The van der Waals surface area contributed by atoms with Crippen LogP contribution in [-0.2, 0) is 0 Å². The van der Waals surface area contributed by atoms with Crippen LogP contribution in [0.5, 0.6) is 0 Å². The van der Waals surface area contributed by atoms with Crippen molar-refractivity contribution in [1.29, 1.82) is 0 Å². The Kier molecular flexibility index (Phi) is 4.51. The maximum absolute atomic E-state index is 3.80. The summed E-state index contributed by atoms with van der Waals surface area (Å²) in [5, 5.41) is 0. The van der Waals surface area contributed by atoms with Gasteiger partial charge in [0.2, 0.25) is 0 Å². The number of unbranched alkanes of at least 4 members (excludes halogenated alkanes) is 3. The minimum atomic E-state index is 0.807. The predicted molar refractivity (Wildman–Crippen MR) is 69.6 cm³/mol. The third-order valence-electron chi connectivity index (χ3n) is 4.10. The van der Waals surface area contributed by atoms with Crippen LogP contribution in [0.1, 0.15) is 58.3 Å². The van der Waals surface area contributed by atoms with Crippen LogP contribution in [0.3, 0.4) is 0 Å². The quantitative estimate of drug-likeness (QED) is 0.542. The van der Waals surface area contributed by atoms with E-state index in [2.05, 4.69) is 27.8 Å². The number of alkyl halides is 1. The van der Waals surface area contributed by atoms with E-state index in [0.717, 1.165) is 16.9 Å². The van der Waals surface area contributed by atoms with Crippen LogP contribution >= 0.6 is 15.9 Å². The van der Waals surface area contributed by atoms with Gasteiger partial charge in [-0.25, -0.2) is 0 Å². The fourth-order valence-electron chi connectivity index (χ4n) is 3.29. The summed E-state index contributed by atoms with van der Waals surface area (Å²) in [5.74, 6) is 0. The molecule has 2 saturated heterocycles. The third kappa shape index (κ3) is 2.97. The van der Waals surface area contributed by atoms with Gasteiger partial charge in [-0.05, 0) is 38.6 Å². The minimum absolute atomic E-state index is 0.807. The molecule has 0 aromatic carbocycles. The highest BCUT2D eigenvalue weighted by Crippen LogP contribution is 2.38. The van der Waals surface area contributed by atoms with Gasteiger partial charge in [0.1, 0.15) is 0 Å². The molecule has 2 bridgehead atoms. The van der Waals surface area contributed by atoms with E-state index in [1.54, 1.807) is 0 Å². The standard InChI is InChI=1S/C13H24BrN/c1-2-3-4-5-8-15-12-6-7-13(15)10-11(14)9-12/h11-13H,2-10H2,1H3. The van der Waals surface area contributed by atoms with Crippen molar-refractivity contribution in [3.63, 3.8) is 0 Å². The number of halogens is 1. The zero-order valence-electron chi connectivity index (χ0n) is 9.92. The molecule has 15 heavy (non-hydrogen) atoms. The van der Waals surface area contributed by atoms with Crippen LogP contribution in [0.4, 0.5) is 0 Å². The van der Waals surface area contributed by atoms with Gasteiger partial charge in [0.15, 0.2) is 0 Å². The van der Waals surface area contributed by atoms with Gasteiger partial charge in [-0.2, -0.15) is 0 Å². The van der Waals surface area contributed by atoms with Gasteiger partial charge < -0.3 is 0 Å². The fourth-order valence-corrected chi connectivity index (χ4v) is 4.16. The van der Waals surface area contributed by atoms with Gasteiger partial charge >= 0.3 is 0 Å². The lowest BCUT2D eigenvalue weighted by Gasteiger charge is -2.37. The molecule has 2 heteroatoms. The molecule has 2 rings (SSSR count). The van der Waals surface area contributed by atoms with E-state index in [1.807, 2.05) is 0 Å². The number of nitrogens with zero attached hydrogens (tertiary/aromatic N) is 1. The van der Waals surface area contributed by atoms with Crippen molar-refractivity contribution < 1.29 is 0 Å². The van der Waals surface area contributed by atoms with Gasteiger partial charge in [0.25, 0.3) is 0 Å². The summed E-state index contributed by atoms with van der Waals surface area (Å²) in [6, 6.07) is 1.82. The molecule has 0 aromatic rings. The molecule has 2 unspecified atom stereocenters. The Hall–Kier alpha value is 0.440. The first-order chi connectivity index (χ1) is 7.31. The number of rotatable bonds is 5. The van der Waals surface area contributed by atoms with Crippen LogP contribution in [0, 0.1) is 0 Å². The molecule has 2 fully saturated rings. The maximum Gasteiger partial charge on any atom is 0.0175 e. The third-order valence-corrected chi connectivity index (χ3v) is 4.84. The molecule has 0 saturated carbocycles. The SMILES string of the molecule is CCCCCCN1C2CCC1CC(Br)C2. The van der Waals surface area contributed by atoms with E-state index < -0.39 is 0 Å². The molecular weight excluding hydrogens is 250 g/mol. The fraction of sp³-hybridized carbons (Fsp3) is 1.00. The van der Waals surface area contributed by atoms with Gasteiger partial charge in [-0.15, -0.1) is 0 Å². The molecule has 2 aliphatic heterocycles. The monoisotopic (exact) mass is 273 g/mol. The smallest absolute Gasteiger partial charge is 0.0175 e. The summed E-state index contributed by atoms with van der Waals surface area (Å²) in [6.07, 6.45) is 11.3. The Morgan fingerprint density at radius 1 is 1.07 bits per heavy atom. The molecule has 2 heterocycles. The van der Waals surface area contributed by atoms with E-state index in [4.69, 9.17) is 0 Å². The second-order valence-corrected chi connectivity index (χ2v) is 6.55. The van der Waals surface area contributed by atoms with E-state index in [9.17, 15) is 0 Å². The molecular formula is C13H24BrN. The van der Waals surface area contributed by atoms with E-state index in [0.29, 0.717) is 0 Å². The summed E-state index contributed by atoms with van der Waals surface area (Å²) in [5.41, 5.74) is 0. The molecule has 0 radical (unpaired) electrons. The van der Waals surface area contributed by atoms with Crippen LogP contribution in [0.2, 0.25) is 0 Å². The van der Waals surface area contributed by atoms with Crippen molar-refractivity contribution in [3.8, 4) is 0 Å². The van der Waals surface area contributed by atoms with E-state index in [-0.39, 0.29) is 0 Å². The van der Waals surface area contributed by atoms with Crippen molar-refractivity contribution in [2.24, 2.45) is 0 Å². The number of hydrogen-bond acceptors (Lipinski definition) is 1. The topological polar surface area (TPSA) is 3.24 Å². The van der Waals surface area contributed by atoms with Crippen molar-refractivity contribution in [3.05, 3.63) is 0 Å². The molecule has 0 aromatic heterocycles. The molecule has 0 N–H and O–H groups in total. The zero-order chi connectivity index (χ0) is 10.7. The number of hydrogen-bond donors (Lipinski definition) is 0. The largest absolute Gasteiger partial charge is 0.297 e. The van der Waals surface area contributed by atoms with Crippen LogP contribution in [0.15, 0.2) is 0 Å². The van der Waals surface area contributed by atoms with Gasteiger partial charge in [-0.1, -0.05) is 42.1 Å². The van der Waals surface area contributed by atoms with Crippen molar-refractivity contribution in [1.82, 2.24) is 4.90 Å². The van der Waals surface area contributed by atoms with Crippen molar-refractivity contribution in [2.75, 3.05) is 6.54 Å². The van der Waals surface area contributed by atoms with E-state index >= 15 is 0 Å². The number of fused-ring (bicyclic) bond motifs is 2. The maximum atomic E-state index is 3.80. The molecule has 1 nitrogen and oxygen atoms in total. The Morgan fingerprint density at radius 3 is 2.33 bits per heavy atom. The Labute approximate surface area is 103 Å². The van der Waals surface area contributed by atoms with Gasteiger partial charge in [-0.3, -0.25) is 4.90 Å². The summed E-state index contributed by atoms with van der Waals surface area (Å²) in [4.78, 5) is 3.62. The lowest BCUT2D eigenvalue weighted by atomic mass is 10.0. The summed E-state index contributed by atoms with van der Waals surface area (Å²) >= 11 is 3.80. The van der Waals surface area contributed by atoms with Gasteiger partial charge in [0.05, 0.1) is 0 Å². The van der Waals surface area contributed by atoms with Crippen molar-refractivity contribution >= 4 is 15.9 Å². The first kappa shape index (κ1) is 11.9. The molecule has 0 aliphatic carbocycles. The van der Waals surface area contributed by atoms with Crippen molar-refractivity contribution in [2.45, 2.75) is 75.2 Å². The summed E-state index contributed by atoms with van der Waals surface area (Å²) in [6.45, 7) is 3.66. The second kappa shape index (κ2) is 5.67. The molecule has 0 amide bonds. The average molecular weight is 274 g/mol. The molecule has 2 aliphatic rings. The van der Waals surface area contributed by atoms with Gasteiger partial charge in [0, 0.05) is 16.9 Å². The lowest BCUT2D eigenvalue weighted by Crippen LogP contribution is -2.43. The highest BCUT2D eigenvalue weighted by Gasteiger charge is 2.39. The Morgan fingerprint density at radius 2 is 1.73 bits per heavy atom. The highest BCUT2D eigenvalue weighted by molar-refractivity contribution is 9.09. The summed E-state index contributed by atoms with van der Waals surface area (Å²) < 4.78 is 0. The second-order valence-electron chi connectivity index (χ2n) is 5.25. The molecule has 88 valence electrons. The first-order valence-corrected chi connectivity index (χ1v) is 7.62. The normalized spacial score (nSPS) is 36.0. The molecule has 0 spiro atoms. The lowest BCUT2D eigenvalue weighted by molar-refractivity contribution is 0.142. The Balaban J connectivity index is 1.74. The minimum Gasteiger partial charge on any atom is -0.297 e. The number of piperidine rings is 1. The molecule has 2 atom stereocenters. The van der Waals surface area contributed by atoms with E-state index in [1.165, 1.54) is 57.9 Å². The van der Waals surface area contributed by atoms with Crippen LogP contribution < -0.4 is 0 Å². The first-order valence-electron chi connectivity index (χ1n) is 6.71. The van der Waals surface area contributed by atoms with Crippen LogP contribution in [0.25, 0.3) is 0 Å². The highest BCUT2D eigenvalue weighted by atomic mass is 79.9. The van der Waals surface area contributed by atoms with Crippen LogP contribution in [-0.4, -0.2) is 28.4 Å². The Bertz CT molecular complexity index is 181. The average Bonchev–Trinajstić information content (AvgIpc) is 2.46. The zero-order valence-corrected chi connectivity index (χ0v) is 11.5.